The van der Waals surface area contributed by atoms with E-state index in [-0.39, 0.29) is 0 Å². The average molecular weight is 314 g/mol. The van der Waals surface area contributed by atoms with Gasteiger partial charge in [0, 0.05) is 0 Å². The van der Waals surface area contributed by atoms with Crippen molar-refractivity contribution in [2.24, 2.45) is 0 Å². The molecule has 0 saturated carbocycles. The smallest absolute Gasteiger partial charge is 0.0184 e. The third-order valence-corrected chi connectivity index (χ3v) is 4.60. The molecular weight excluding hydrogens is 288 g/mol. The van der Waals surface area contributed by atoms with Crippen LogP contribution in [0.1, 0.15) is 35.6 Å². The first kappa shape index (κ1) is 16.5. The van der Waals surface area contributed by atoms with Crippen LogP contribution in [0.2, 0.25) is 0 Å². The molecule has 0 amide bonds. The van der Waals surface area contributed by atoms with Crippen molar-refractivity contribution < 1.29 is 0 Å². The fraction of sp³-hybridized carbons (Fsp3) is 0.250. The van der Waals surface area contributed by atoms with Gasteiger partial charge in [0.25, 0.3) is 0 Å². The summed E-state index contributed by atoms with van der Waals surface area (Å²) in [4.78, 5) is 0. The molecular formula is C24H26. The lowest BCUT2D eigenvalue weighted by Gasteiger charge is -2.06. The molecule has 0 N–H and O–H groups in total. The lowest BCUT2D eigenvalue weighted by atomic mass is 9.99. The maximum Gasteiger partial charge on any atom is -0.0184 e. The van der Waals surface area contributed by atoms with E-state index in [4.69, 9.17) is 0 Å². The second-order valence-corrected chi connectivity index (χ2v) is 6.63. The van der Waals surface area contributed by atoms with E-state index < -0.39 is 0 Å². The molecule has 0 heteroatoms. The van der Waals surface area contributed by atoms with Gasteiger partial charge in [-0.15, -0.1) is 0 Å². The number of hydrogen-bond acceptors (Lipinski definition) is 0. The van der Waals surface area contributed by atoms with Crippen LogP contribution in [-0.4, -0.2) is 0 Å². The lowest BCUT2D eigenvalue weighted by Crippen LogP contribution is -1.91. The Morgan fingerprint density at radius 1 is 0.500 bits per heavy atom. The Kier molecular flexibility index (Phi) is 5.48. The number of benzene rings is 3. The topological polar surface area (TPSA) is 0 Å². The summed E-state index contributed by atoms with van der Waals surface area (Å²) in [7, 11) is 0. The summed E-state index contributed by atoms with van der Waals surface area (Å²) < 4.78 is 0. The van der Waals surface area contributed by atoms with Gasteiger partial charge in [-0.3, -0.25) is 0 Å². The molecule has 0 spiro atoms. The summed E-state index contributed by atoms with van der Waals surface area (Å²) in [5.74, 6) is 0. The molecule has 0 saturated heterocycles. The Morgan fingerprint density at radius 3 is 1.29 bits per heavy atom. The minimum Gasteiger partial charge on any atom is -0.0651 e. The van der Waals surface area contributed by atoms with Gasteiger partial charge in [-0.25, -0.2) is 0 Å². The molecule has 0 unspecified atom stereocenters. The zero-order chi connectivity index (χ0) is 16.8. The monoisotopic (exact) mass is 314 g/mol. The lowest BCUT2D eigenvalue weighted by molar-refractivity contribution is 0.922. The summed E-state index contributed by atoms with van der Waals surface area (Å²) in [6.07, 6.45) is 4.57. The third-order valence-electron chi connectivity index (χ3n) is 4.60. The molecule has 3 aromatic rings. The fourth-order valence-electron chi connectivity index (χ4n) is 3.06. The highest BCUT2D eigenvalue weighted by Gasteiger charge is 2.00. The van der Waals surface area contributed by atoms with E-state index in [0.717, 1.165) is 19.3 Å². The summed E-state index contributed by atoms with van der Waals surface area (Å²) in [6, 6.07) is 26.9. The van der Waals surface area contributed by atoms with Crippen molar-refractivity contribution >= 4 is 0 Å². The zero-order valence-corrected chi connectivity index (χ0v) is 14.8. The Hall–Kier alpha value is -2.34. The SMILES string of the molecule is CCCc1ccc(-c2ccc(CCc3ccc(C)cc3)cc2)cc1. The normalized spacial score (nSPS) is 10.8. The second-order valence-electron chi connectivity index (χ2n) is 6.63. The van der Waals surface area contributed by atoms with E-state index in [2.05, 4.69) is 86.6 Å². The van der Waals surface area contributed by atoms with Gasteiger partial charge < -0.3 is 0 Å². The average Bonchev–Trinajstić information content (AvgIpc) is 2.63. The highest BCUT2D eigenvalue weighted by atomic mass is 14.1. The predicted octanol–water partition coefficient (Wildman–Crippen LogP) is 6.40. The van der Waals surface area contributed by atoms with Crippen LogP contribution in [0.4, 0.5) is 0 Å². The summed E-state index contributed by atoms with van der Waals surface area (Å²) >= 11 is 0. The summed E-state index contributed by atoms with van der Waals surface area (Å²) in [5, 5.41) is 0. The van der Waals surface area contributed by atoms with Crippen molar-refractivity contribution in [3.63, 3.8) is 0 Å². The molecule has 0 bridgehead atoms. The van der Waals surface area contributed by atoms with Gasteiger partial charge in [0.05, 0.1) is 0 Å². The number of rotatable bonds is 6. The second kappa shape index (κ2) is 7.97. The minimum atomic E-state index is 1.10. The van der Waals surface area contributed by atoms with E-state index >= 15 is 0 Å². The molecule has 0 radical (unpaired) electrons. The van der Waals surface area contributed by atoms with Gasteiger partial charge in [-0.2, -0.15) is 0 Å². The van der Waals surface area contributed by atoms with E-state index in [1.54, 1.807) is 0 Å². The molecule has 24 heavy (non-hydrogen) atoms. The molecule has 0 fully saturated rings. The standard InChI is InChI=1S/C24H26/c1-3-4-20-11-15-23(16-12-20)24-17-13-22(14-18-24)10-9-21-7-5-19(2)6-8-21/h5-8,11-18H,3-4,9-10H2,1-2H3. The molecule has 3 aromatic carbocycles. The van der Waals surface area contributed by atoms with Crippen molar-refractivity contribution in [1.82, 2.24) is 0 Å². The Bertz CT molecular complexity index is 747. The molecule has 0 atom stereocenters. The van der Waals surface area contributed by atoms with Crippen LogP contribution in [-0.2, 0) is 19.3 Å². The highest BCUT2D eigenvalue weighted by Crippen LogP contribution is 2.21. The highest BCUT2D eigenvalue weighted by molar-refractivity contribution is 5.64. The molecule has 122 valence electrons. The van der Waals surface area contributed by atoms with E-state index in [9.17, 15) is 0 Å². The Labute approximate surface area is 146 Å². The van der Waals surface area contributed by atoms with Crippen LogP contribution < -0.4 is 0 Å². The van der Waals surface area contributed by atoms with E-state index in [1.807, 2.05) is 0 Å². The molecule has 0 aliphatic carbocycles. The van der Waals surface area contributed by atoms with Gasteiger partial charge in [-0.1, -0.05) is 91.7 Å². The van der Waals surface area contributed by atoms with Gasteiger partial charge in [0.2, 0.25) is 0 Å². The predicted molar refractivity (Wildman–Crippen MR) is 104 cm³/mol. The van der Waals surface area contributed by atoms with Crippen molar-refractivity contribution in [3.05, 3.63) is 95.1 Å². The molecule has 0 nitrogen and oxygen atoms in total. The van der Waals surface area contributed by atoms with Crippen molar-refractivity contribution in [2.75, 3.05) is 0 Å². The quantitative estimate of drug-likeness (QED) is 0.494. The summed E-state index contributed by atoms with van der Waals surface area (Å²) in [6.45, 7) is 4.36. The van der Waals surface area contributed by atoms with Crippen molar-refractivity contribution in [2.45, 2.75) is 39.5 Å². The molecule has 0 aromatic heterocycles. The fourth-order valence-corrected chi connectivity index (χ4v) is 3.06. The van der Waals surface area contributed by atoms with Gasteiger partial charge in [-0.05, 0) is 54.0 Å². The maximum absolute atomic E-state index is 2.27. The zero-order valence-electron chi connectivity index (χ0n) is 14.8. The van der Waals surface area contributed by atoms with E-state index in [0.29, 0.717) is 0 Å². The van der Waals surface area contributed by atoms with Crippen LogP contribution in [0.15, 0.2) is 72.8 Å². The van der Waals surface area contributed by atoms with Crippen molar-refractivity contribution in [1.29, 1.82) is 0 Å². The van der Waals surface area contributed by atoms with Crippen LogP contribution in [0.3, 0.4) is 0 Å². The Morgan fingerprint density at radius 2 is 0.875 bits per heavy atom. The largest absolute Gasteiger partial charge is 0.0651 e. The first-order valence-electron chi connectivity index (χ1n) is 8.98. The number of hydrogen-bond donors (Lipinski definition) is 0. The molecule has 0 aliphatic heterocycles. The van der Waals surface area contributed by atoms with Crippen LogP contribution in [0, 0.1) is 6.92 Å². The Balaban J connectivity index is 1.63. The minimum absolute atomic E-state index is 1.10. The summed E-state index contributed by atoms with van der Waals surface area (Å²) in [5.41, 5.74) is 8.18. The van der Waals surface area contributed by atoms with Crippen LogP contribution in [0.5, 0.6) is 0 Å². The molecule has 3 rings (SSSR count). The third kappa shape index (κ3) is 4.35. The van der Waals surface area contributed by atoms with Gasteiger partial charge in [0.15, 0.2) is 0 Å². The van der Waals surface area contributed by atoms with E-state index in [1.165, 1.54) is 39.8 Å². The first-order valence-corrected chi connectivity index (χ1v) is 8.98. The van der Waals surface area contributed by atoms with Gasteiger partial charge >= 0.3 is 0 Å². The van der Waals surface area contributed by atoms with Crippen LogP contribution in [0.25, 0.3) is 11.1 Å². The van der Waals surface area contributed by atoms with Gasteiger partial charge in [0.1, 0.15) is 0 Å². The molecule has 0 aliphatic rings. The van der Waals surface area contributed by atoms with Crippen molar-refractivity contribution in [3.8, 4) is 11.1 Å². The first-order chi connectivity index (χ1) is 11.7. The number of aryl methyl sites for hydroxylation is 4. The van der Waals surface area contributed by atoms with Crippen LogP contribution >= 0.6 is 0 Å². The molecule has 0 heterocycles. The maximum atomic E-state index is 2.27.